The zero-order chi connectivity index (χ0) is 9.97. The van der Waals surface area contributed by atoms with Gasteiger partial charge in [0.25, 0.3) is 0 Å². The summed E-state index contributed by atoms with van der Waals surface area (Å²) in [7, 11) is 0. The van der Waals surface area contributed by atoms with Gasteiger partial charge in [-0.2, -0.15) is 5.10 Å². The molecule has 70 valence electrons. The number of pyridine rings is 1. The summed E-state index contributed by atoms with van der Waals surface area (Å²) in [4.78, 5) is 18.0. The van der Waals surface area contributed by atoms with E-state index in [1.165, 1.54) is 0 Å². The monoisotopic (exact) mass is 212 g/mol. The second kappa shape index (κ2) is 5.01. The molecule has 0 saturated heterocycles. The first-order valence-electron chi connectivity index (χ1n) is 3.82. The molecule has 0 amide bonds. The van der Waals surface area contributed by atoms with Crippen LogP contribution in [-0.2, 0) is 0 Å². The average Bonchev–Trinajstić information content (AvgIpc) is 2.68. The maximum absolute atomic E-state index is 10.4. The maximum Gasteiger partial charge on any atom is 1.00 e. The van der Waals surface area contributed by atoms with Gasteiger partial charge in [0.1, 0.15) is 11.7 Å². The van der Waals surface area contributed by atoms with Crippen LogP contribution in [0.5, 0.6) is 0 Å². The molecule has 0 aliphatic rings. The van der Waals surface area contributed by atoms with E-state index in [0.717, 1.165) is 0 Å². The van der Waals surface area contributed by atoms with Crippen molar-refractivity contribution in [3.63, 3.8) is 0 Å². The number of carbonyl (C=O) groups excluding carboxylic acids is 1. The van der Waals surface area contributed by atoms with Gasteiger partial charge in [-0.05, 0) is 12.1 Å². The summed E-state index contributed by atoms with van der Waals surface area (Å²) in [6.07, 6.45) is 1.57. The number of aromatic carboxylic acids is 1. The molecular formula is C8H5N4NaO2. The molecule has 7 heteroatoms. The van der Waals surface area contributed by atoms with E-state index in [1.54, 1.807) is 24.4 Å². The van der Waals surface area contributed by atoms with Crippen molar-refractivity contribution in [3.8, 4) is 11.5 Å². The fraction of sp³-hybridized carbons (Fsp3) is 0. The predicted octanol–water partition coefficient (Wildman–Crippen LogP) is -3.77. The molecule has 0 aromatic carbocycles. The van der Waals surface area contributed by atoms with Gasteiger partial charge in [0, 0.05) is 6.20 Å². The van der Waals surface area contributed by atoms with Crippen LogP contribution in [0.3, 0.4) is 0 Å². The van der Waals surface area contributed by atoms with Crippen LogP contribution in [-0.4, -0.2) is 26.1 Å². The summed E-state index contributed by atoms with van der Waals surface area (Å²) in [6, 6.07) is 5.19. The first-order chi connectivity index (χ1) is 6.77. The fourth-order valence-corrected chi connectivity index (χ4v) is 0.963. The number of aromatic nitrogens is 4. The van der Waals surface area contributed by atoms with Gasteiger partial charge in [0.2, 0.25) is 0 Å². The number of nitrogens with zero attached hydrogens (tertiary/aromatic N) is 3. The SMILES string of the molecule is O=C([O-])c1nc(-c2ccccn2)n[nH]1.[Na+]. The van der Waals surface area contributed by atoms with Crippen LogP contribution in [0.2, 0.25) is 0 Å². The standard InChI is InChI=1S/C8H6N4O2.Na/c13-8(14)7-10-6(11-12-7)5-3-1-2-4-9-5;/h1-4H,(H,13,14)(H,10,11,12);/q;+1/p-1. The number of nitrogens with one attached hydrogen (secondary N) is 1. The number of carbonyl (C=O) groups is 1. The average molecular weight is 212 g/mol. The molecule has 0 spiro atoms. The zero-order valence-electron chi connectivity index (χ0n) is 7.97. The van der Waals surface area contributed by atoms with Crippen molar-refractivity contribution >= 4 is 5.97 Å². The zero-order valence-corrected chi connectivity index (χ0v) is 9.97. The largest absolute Gasteiger partial charge is 1.00 e. The Morgan fingerprint density at radius 2 is 2.20 bits per heavy atom. The summed E-state index contributed by atoms with van der Waals surface area (Å²) < 4.78 is 0. The van der Waals surface area contributed by atoms with Gasteiger partial charge in [-0.25, -0.2) is 4.98 Å². The number of H-pyrrole nitrogens is 1. The second-order valence-electron chi connectivity index (χ2n) is 2.51. The first kappa shape index (κ1) is 11.8. The minimum Gasteiger partial charge on any atom is -0.542 e. The van der Waals surface area contributed by atoms with E-state index in [9.17, 15) is 9.90 Å². The van der Waals surface area contributed by atoms with E-state index in [4.69, 9.17) is 0 Å². The summed E-state index contributed by atoms with van der Waals surface area (Å²) in [5, 5.41) is 16.3. The Morgan fingerprint density at radius 1 is 1.40 bits per heavy atom. The number of carboxylic acids is 1. The molecule has 0 fully saturated rings. The minimum atomic E-state index is -1.39. The Morgan fingerprint density at radius 3 is 2.73 bits per heavy atom. The van der Waals surface area contributed by atoms with Crippen LogP contribution in [0.25, 0.3) is 11.5 Å². The molecule has 2 aromatic rings. The molecule has 2 rings (SSSR count). The van der Waals surface area contributed by atoms with Crippen molar-refractivity contribution in [2.75, 3.05) is 0 Å². The number of carboxylic acid groups (broad SMARTS) is 1. The number of rotatable bonds is 2. The molecule has 6 nitrogen and oxygen atoms in total. The summed E-state index contributed by atoms with van der Waals surface area (Å²) in [5.74, 6) is -1.45. The van der Waals surface area contributed by atoms with E-state index in [-0.39, 0.29) is 41.2 Å². The third-order valence-electron chi connectivity index (χ3n) is 1.57. The predicted molar refractivity (Wildman–Crippen MR) is 43.9 cm³/mol. The molecule has 1 N–H and O–H groups in total. The smallest absolute Gasteiger partial charge is 0.542 e. The molecule has 0 saturated carbocycles. The maximum atomic E-state index is 10.4. The Bertz CT molecular complexity index is 457. The molecule has 0 aliphatic carbocycles. The van der Waals surface area contributed by atoms with Crippen molar-refractivity contribution in [1.82, 2.24) is 20.2 Å². The van der Waals surface area contributed by atoms with Crippen LogP contribution in [0.4, 0.5) is 0 Å². The van der Waals surface area contributed by atoms with Gasteiger partial charge in [0.15, 0.2) is 11.6 Å². The Hall–Kier alpha value is -1.24. The van der Waals surface area contributed by atoms with Crippen LogP contribution < -0.4 is 34.7 Å². The molecule has 0 unspecified atom stereocenters. The fourth-order valence-electron chi connectivity index (χ4n) is 0.963. The van der Waals surface area contributed by atoms with Crippen molar-refractivity contribution in [2.45, 2.75) is 0 Å². The van der Waals surface area contributed by atoms with E-state index >= 15 is 0 Å². The van der Waals surface area contributed by atoms with Crippen molar-refractivity contribution in [2.24, 2.45) is 0 Å². The van der Waals surface area contributed by atoms with Gasteiger partial charge in [0.05, 0.1) is 0 Å². The topological polar surface area (TPSA) is 94.6 Å². The van der Waals surface area contributed by atoms with Gasteiger partial charge in [-0.3, -0.25) is 10.1 Å². The third-order valence-corrected chi connectivity index (χ3v) is 1.57. The number of hydrogen-bond acceptors (Lipinski definition) is 5. The molecule has 2 heterocycles. The van der Waals surface area contributed by atoms with E-state index in [1.807, 2.05) is 0 Å². The molecule has 0 radical (unpaired) electrons. The van der Waals surface area contributed by atoms with Crippen LogP contribution in [0.15, 0.2) is 24.4 Å². The van der Waals surface area contributed by atoms with Crippen LogP contribution in [0.1, 0.15) is 10.6 Å². The summed E-state index contributed by atoms with van der Waals surface area (Å²) in [5.41, 5.74) is 0.510. The van der Waals surface area contributed by atoms with Crippen molar-refractivity contribution in [1.29, 1.82) is 0 Å². The first-order valence-corrected chi connectivity index (χ1v) is 3.82. The van der Waals surface area contributed by atoms with Crippen LogP contribution >= 0.6 is 0 Å². The van der Waals surface area contributed by atoms with Gasteiger partial charge in [-0.15, -0.1) is 0 Å². The van der Waals surface area contributed by atoms with Gasteiger partial charge < -0.3 is 9.90 Å². The molecule has 0 aliphatic heterocycles. The third kappa shape index (κ3) is 2.62. The Balaban J connectivity index is 0.00000112. The molecular weight excluding hydrogens is 207 g/mol. The second-order valence-corrected chi connectivity index (χ2v) is 2.51. The van der Waals surface area contributed by atoms with Crippen molar-refractivity contribution in [3.05, 3.63) is 30.2 Å². The molecule has 0 atom stereocenters. The molecule has 15 heavy (non-hydrogen) atoms. The number of aromatic amines is 1. The number of hydrogen-bond donors (Lipinski definition) is 1. The van der Waals surface area contributed by atoms with E-state index < -0.39 is 5.97 Å². The van der Waals surface area contributed by atoms with E-state index in [0.29, 0.717) is 5.69 Å². The van der Waals surface area contributed by atoms with Gasteiger partial charge >= 0.3 is 29.6 Å². The Kier molecular flexibility index (Phi) is 3.96. The molecule has 0 bridgehead atoms. The van der Waals surface area contributed by atoms with E-state index in [2.05, 4.69) is 20.2 Å². The van der Waals surface area contributed by atoms with Crippen LogP contribution in [0, 0.1) is 0 Å². The summed E-state index contributed by atoms with van der Waals surface area (Å²) in [6.45, 7) is 0. The molecule has 2 aromatic heterocycles. The van der Waals surface area contributed by atoms with Crippen molar-refractivity contribution < 1.29 is 39.5 Å². The normalized spacial score (nSPS) is 9.33. The van der Waals surface area contributed by atoms with Gasteiger partial charge in [-0.1, -0.05) is 6.07 Å². The Labute approximate surface area is 107 Å². The minimum absolute atomic E-state index is 0. The summed E-state index contributed by atoms with van der Waals surface area (Å²) >= 11 is 0. The quantitative estimate of drug-likeness (QED) is 0.516.